The lowest BCUT2D eigenvalue weighted by molar-refractivity contribution is -0.250. The molecule has 270 valence electrons. The van der Waals surface area contributed by atoms with E-state index in [1.54, 1.807) is 0 Å². The number of carbonyl (C=O) groups is 3. The van der Waals surface area contributed by atoms with Crippen molar-refractivity contribution in [2.45, 2.75) is 151 Å². The molecule has 0 aromatic carbocycles. The van der Waals surface area contributed by atoms with Gasteiger partial charge in [-0.2, -0.15) is 0 Å². The number of hydrogen-bond donors (Lipinski definition) is 1. The number of carboxylic acid groups (broad SMARTS) is 1. The third-order valence-electron chi connectivity index (χ3n) is 16.1. The molecule has 5 fully saturated rings. The molecule has 0 saturated heterocycles. The van der Waals surface area contributed by atoms with Gasteiger partial charge in [0.2, 0.25) is 0 Å². The van der Waals surface area contributed by atoms with Crippen molar-refractivity contribution < 1.29 is 29.0 Å². The molecule has 0 aliphatic heterocycles. The molecule has 5 aliphatic rings. The smallest absolute Gasteiger partial charge is 0.306 e. The molecule has 10 atom stereocenters. The van der Waals surface area contributed by atoms with Gasteiger partial charge in [0.1, 0.15) is 6.10 Å². The molecule has 0 heterocycles. The van der Waals surface area contributed by atoms with E-state index in [4.69, 9.17) is 9.47 Å². The zero-order valence-electron chi connectivity index (χ0n) is 31.8. The van der Waals surface area contributed by atoms with Crippen LogP contribution >= 0.6 is 0 Å². The van der Waals surface area contributed by atoms with Gasteiger partial charge in [0, 0.05) is 11.8 Å². The summed E-state index contributed by atoms with van der Waals surface area (Å²) in [6.45, 7) is 27.4. The summed E-state index contributed by atoms with van der Waals surface area (Å²) in [6.07, 6.45) is 12.5. The van der Waals surface area contributed by atoms with Gasteiger partial charge in [0.25, 0.3) is 0 Å². The summed E-state index contributed by atoms with van der Waals surface area (Å²) < 4.78 is 11.2. The molecule has 5 rings (SSSR count). The number of esters is 2. The predicted molar refractivity (Wildman–Crippen MR) is 190 cm³/mol. The Morgan fingerprint density at radius 2 is 1.48 bits per heavy atom. The summed E-state index contributed by atoms with van der Waals surface area (Å²) in [7, 11) is 1.39. The number of fused-ring (bicyclic) bond motifs is 7. The van der Waals surface area contributed by atoms with Crippen LogP contribution in [0.15, 0.2) is 24.3 Å². The van der Waals surface area contributed by atoms with Crippen LogP contribution in [0.5, 0.6) is 0 Å². The fraction of sp³-hybridized carbons (Fsp3) is 0.833. The Balaban J connectivity index is 1.39. The number of allylic oxidation sites excluding steroid dienone is 2. The zero-order chi connectivity index (χ0) is 35.7. The topological polar surface area (TPSA) is 89.9 Å². The number of rotatable bonds is 10. The first-order chi connectivity index (χ1) is 22.2. The highest BCUT2D eigenvalue weighted by Crippen LogP contribution is 2.78. The Morgan fingerprint density at radius 1 is 0.812 bits per heavy atom. The van der Waals surface area contributed by atoms with E-state index in [0.29, 0.717) is 29.6 Å². The Hall–Kier alpha value is -2.11. The van der Waals surface area contributed by atoms with Gasteiger partial charge in [-0.25, -0.2) is 0 Å². The van der Waals surface area contributed by atoms with Crippen LogP contribution in [0.2, 0.25) is 0 Å². The minimum atomic E-state index is -0.672. The average molecular weight is 667 g/mol. The Bertz CT molecular complexity index is 1330. The number of ether oxygens (including phenoxy) is 2. The van der Waals surface area contributed by atoms with Crippen molar-refractivity contribution in [2.24, 2.45) is 62.1 Å². The molecule has 0 aromatic heterocycles. The van der Waals surface area contributed by atoms with Crippen molar-refractivity contribution in [1.82, 2.24) is 0 Å². The summed E-state index contributed by atoms with van der Waals surface area (Å²) in [5.74, 6) is 1.29. The lowest BCUT2D eigenvalue weighted by atomic mass is 9.32. The Morgan fingerprint density at radius 3 is 2.10 bits per heavy atom. The van der Waals surface area contributed by atoms with E-state index in [0.717, 1.165) is 50.5 Å². The van der Waals surface area contributed by atoms with E-state index in [1.807, 2.05) is 13.8 Å². The second-order valence-electron chi connectivity index (χ2n) is 19.3. The lowest BCUT2D eigenvalue weighted by Gasteiger charge is -2.73. The van der Waals surface area contributed by atoms with E-state index < -0.39 is 11.4 Å². The molecule has 0 radical (unpaired) electrons. The minimum Gasteiger partial charge on any atom is -0.481 e. The van der Waals surface area contributed by atoms with Crippen molar-refractivity contribution in [2.75, 3.05) is 7.11 Å². The van der Waals surface area contributed by atoms with Gasteiger partial charge in [0.15, 0.2) is 0 Å². The van der Waals surface area contributed by atoms with Crippen molar-refractivity contribution in [3.63, 3.8) is 0 Å². The molecule has 48 heavy (non-hydrogen) atoms. The number of hydrogen-bond acceptors (Lipinski definition) is 5. The molecule has 5 saturated carbocycles. The van der Waals surface area contributed by atoms with Gasteiger partial charge in [-0.1, -0.05) is 67.2 Å². The van der Waals surface area contributed by atoms with E-state index in [-0.39, 0.29) is 64.4 Å². The van der Waals surface area contributed by atoms with Gasteiger partial charge >= 0.3 is 17.9 Å². The van der Waals surface area contributed by atoms with E-state index in [9.17, 15) is 19.5 Å². The predicted octanol–water partition coefficient (Wildman–Crippen LogP) is 9.96. The summed E-state index contributed by atoms with van der Waals surface area (Å²) in [5, 5.41) is 9.76. The third kappa shape index (κ3) is 5.91. The van der Waals surface area contributed by atoms with Gasteiger partial charge in [0.05, 0.1) is 20.0 Å². The van der Waals surface area contributed by atoms with Crippen molar-refractivity contribution in [3.05, 3.63) is 24.3 Å². The number of carbonyl (C=O) groups excluding carboxylic acids is 2. The van der Waals surface area contributed by atoms with Crippen LogP contribution in [0.3, 0.4) is 0 Å². The fourth-order valence-electron chi connectivity index (χ4n) is 13.5. The second-order valence-corrected chi connectivity index (χ2v) is 19.3. The summed E-state index contributed by atoms with van der Waals surface area (Å²) in [4.78, 5) is 37.1. The highest BCUT2D eigenvalue weighted by Gasteiger charge is 2.71. The van der Waals surface area contributed by atoms with E-state index in [1.165, 1.54) is 38.4 Å². The first-order valence-electron chi connectivity index (χ1n) is 19.0. The first-order valence-corrected chi connectivity index (χ1v) is 19.0. The SMILES string of the molecule is C=C(C)C(=C)[C@@H]1CC[C@]2(CCC(=O)O)CC[C@]3(C)C(CCC4[C@@]5(C)CC[C@H](OC(=O)CC(C)(C)CC(=O)OC)C(C)(C)C5CC[C@]43C)C12. The monoisotopic (exact) mass is 666 g/mol. The Labute approximate surface area is 291 Å². The maximum Gasteiger partial charge on any atom is 0.306 e. The molecule has 0 spiro atoms. The van der Waals surface area contributed by atoms with Crippen molar-refractivity contribution in [3.8, 4) is 0 Å². The molecule has 6 heteroatoms. The average Bonchev–Trinajstić information content (AvgIpc) is 3.36. The Kier molecular flexibility index (Phi) is 9.74. The number of aliphatic carboxylic acids is 1. The van der Waals surface area contributed by atoms with Gasteiger partial charge < -0.3 is 14.6 Å². The number of carboxylic acids is 1. The molecule has 0 bridgehead atoms. The van der Waals surface area contributed by atoms with Gasteiger partial charge in [-0.3, -0.25) is 14.4 Å². The van der Waals surface area contributed by atoms with Crippen LogP contribution in [-0.4, -0.2) is 36.2 Å². The second kappa shape index (κ2) is 12.6. The highest BCUT2D eigenvalue weighted by molar-refractivity contribution is 5.74. The normalized spacial score (nSPS) is 41.5. The van der Waals surface area contributed by atoms with Crippen LogP contribution in [0.1, 0.15) is 145 Å². The van der Waals surface area contributed by atoms with E-state index >= 15 is 0 Å². The quantitative estimate of drug-likeness (QED) is 0.184. The molecule has 0 amide bonds. The van der Waals surface area contributed by atoms with E-state index in [2.05, 4.69) is 54.7 Å². The highest BCUT2D eigenvalue weighted by atomic mass is 16.5. The van der Waals surface area contributed by atoms with Crippen molar-refractivity contribution >= 4 is 17.9 Å². The van der Waals surface area contributed by atoms with Crippen molar-refractivity contribution in [1.29, 1.82) is 0 Å². The molecule has 1 N–H and O–H groups in total. The molecule has 4 unspecified atom stereocenters. The number of methoxy groups -OCH3 is 1. The fourth-order valence-corrected chi connectivity index (χ4v) is 13.5. The standard InChI is InChI=1S/C42H66O6/c1-26(2)27(3)28-14-20-42(21-17-33(43)44)23-22-40(9)29(36(28)42)12-13-31-39(8)18-16-32(38(6,7)30(39)15-19-41(31,40)10)48-35(46)25-37(4,5)24-34(45)47-11/h28-32,36H,1,3,12-25H2,2,4-11H3,(H,43,44)/t28-,29?,30?,31?,32-,36?,39-,40+,41+,42-/m0/s1. The molecular weight excluding hydrogens is 600 g/mol. The zero-order valence-corrected chi connectivity index (χ0v) is 31.8. The third-order valence-corrected chi connectivity index (χ3v) is 16.1. The van der Waals surface area contributed by atoms with Crippen LogP contribution in [0, 0.1) is 62.1 Å². The summed E-state index contributed by atoms with van der Waals surface area (Å²) in [5.41, 5.74) is 2.24. The molecule has 6 nitrogen and oxygen atoms in total. The van der Waals surface area contributed by atoms with Gasteiger partial charge in [-0.15, -0.1) is 0 Å². The maximum absolute atomic E-state index is 13.3. The molecular formula is C42H66O6. The largest absolute Gasteiger partial charge is 0.481 e. The summed E-state index contributed by atoms with van der Waals surface area (Å²) >= 11 is 0. The summed E-state index contributed by atoms with van der Waals surface area (Å²) in [6, 6.07) is 0. The van der Waals surface area contributed by atoms with Crippen LogP contribution in [0.4, 0.5) is 0 Å². The molecule has 5 aliphatic carbocycles. The van der Waals surface area contributed by atoms with Gasteiger partial charge in [-0.05, 0) is 140 Å². The lowest BCUT2D eigenvalue weighted by Crippen LogP contribution is -2.66. The van der Waals surface area contributed by atoms with Crippen LogP contribution in [0.25, 0.3) is 0 Å². The van der Waals surface area contributed by atoms with Crippen LogP contribution < -0.4 is 0 Å². The first kappa shape index (κ1) is 37.2. The maximum atomic E-state index is 13.3. The molecule has 0 aromatic rings. The minimum absolute atomic E-state index is 0.0886. The van der Waals surface area contributed by atoms with Crippen LogP contribution in [-0.2, 0) is 23.9 Å².